The van der Waals surface area contributed by atoms with Gasteiger partial charge in [0, 0.05) is 23.0 Å². The van der Waals surface area contributed by atoms with E-state index in [2.05, 4.69) is 28.7 Å². The van der Waals surface area contributed by atoms with E-state index in [0.29, 0.717) is 12.5 Å². The summed E-state index contributed by atoms with van der Waals surface area (Å²) in [6.07, 6.45) is 3.51. The number of rotatable bonds is 3. The molecular weight excluding hydrogens is 296 g/mol. The van der Waals surface area contributed by atoms with E-state index < -0.39 is 0 Å². The third-order valence-electron chi connectivity index (χ3n) is 3.43. The molecule has 0 fully saturated rings. The molecule has 24 heavy (non-hydrogen) atoms. The van der Waals surface area contributed by atoms with Gasteiger partial charge in [0.25, 0.3) is 0 Å². The number of para-hydroxylation sites is 2. The number of hydrogen-bond acceptors (Lipinski definition) is 3. The Morgan fingerprint density at radius 3 is 2.21 bits per heavy atom. The molecule has 0 radical (unpaired) electrons. The van der Waals surface area contributed by atoms with Crippen molar-refractivity contribution in [1.82, 2.24) is 9.97 Å². The predicted octanol–water partition coefficient (Wildman–Crippen LogP) is 5.03. The maximum Gasteiger partial charge on any atom is 0.214 e. The summed E-state index contributed by atoms with van der Waals surface area (Å²) < 4.78 is 5.33. The Hall–Kier alpha value is -3.20. The minimum absolute atomic E-state index is 0.491. The van der Waals surface area contributed by atoms with Crippen LogP contribution in [-0.2, 0) is 0 Å². The van der Waals surface area contributed by atoms with Gasteiger partial charge in [0.05, 0.1) is 11.0 Å². The van der Waals surface area contributed by atoms with Crippen LogP contribution in [-0.4, -0.2) is 16.6 Å². The van der Waals surface area contributed by atoms with Gasteiger partial charge in [-0.1, -0.05) is 55.1 Å². The minimum atomic E-state index is 0.491. The molecule has 3 heteroatoms. The molecule has 4 rings (SSSR count). The van der Waals surface area contributed by atoms with Crippen LogP contribution >= 0.6 is 0 Å². The van der Waals surface area contributed by atoms with Crippen molar-refractivity contribution in [1.29, 1.82) is 0 Å². The van der Waals surface area contributed by atoms with Gasteiger partial charge in [-0.3, -0.25) is 4.98 Å². The molecule has 2 aromatic carbocycles. The predicted molar refractivity (Wildman–Crippen MR) is 99.2 cm³/mol. The highest BCUT2D eigenvalue weighted by molar-refractivity contribution is 5.79. The van der Waals surface area contributed by atoms with Crippen LogP contribution in [0.4, 0.5) is 0 Å². The fraction of sp³-hybridized carbons (Fsp3) is 0.0476. The molecule has 3 nitrogen and oxygen atoms in total. The molecule has 0 spiro atoms. The maximum atomic E-state index is 5.33. The summed E-state index contributed by atoms with van der Waals surface area (Å²) in [5, 5.41) is 2.32. The molecule has 0 aliphatic carbocycles. The summed E-state index contributed by atoms with van der Waals surface area (Å²) in [5.74, 6) is 0.642. The zero-order valence-electron chi connectivity index (χ0n) is 13.3. The second-order valence-electron chi connectivity index (χ2n) is 5.14. The molecule has 0 saturated heterocycles. The quantitative estimate of drug-likeness (QED) is 0.497. The Morgan fingerprint density at radius 1 is 0.792 bits per heavy atom. The lowest BCUT2D eigenvalue weighted by Crippen LogP contribution is -1.94. The second-order valence-corrected chi connectivity index (χ2v) is 5.14. The van der Waals surface area contributed by atoms with Crippen molar-refractivity contribution in [2.24, 2.45) is 0 Å². The molecule has 118 valence electrons. The van der Waals surface area contributed by atoms with Crippen LogP contribution in [0, 0.1) is 0 Å². The van der Waals surface area contributed by atoms with Crippen molar-refractivity contribution in [3.05, 3.63) is 91.6 Å². The van der Waals surface area contributed by atoms with Crippen LogP contribution in [0.3, 0.4) is 0 Å². The van der Waals surface area contributed by atoms with Crippen LogP contribution in [0.5, 0.6) is 5.88 Å². The number of aromatic nitrogens is 2. The second kappa shape index (κ2) is 7.88. The van der Waals surface area contributed by atoms with Gasteiger partial charge in [0.2, 0.25) is 5.88 Å². The van der Waals surface area contributed by atoms with Gasteiger partial charge in [-0.25, -0.2) is 4.98 Å². The first-order valence-electron chi connectivity index (χ1n) is 7.76. The Labute approximate surface area is 141 Å². The van der Waals surface area contributed by atoms with Crippen LogP contribution in [0.25, 0.3) is 21.8 Å². The molecule has 0 amide bonds. The Balaban J connectivity index is 0.000000149. The zero-order chi connectivity index (χ0) is 16.6. The molecular formula is C21H18N2O. The minimum Gasteiger partial charge on any atom is -0.473 e. The van der Waals surface area contributed by atoms with E-state index in [1.54, 1.807) is 6.08 Å². The monoisotopic (exact) mass is 314 g/mol. The van der Waals surface area contributed by atoms with Crippen LogP contribution < -0.4 is 4.74 Å². The molecule has 0 atom stereocenters. The van der Waals surface area contributed by atoms with Gasteiger partial charge in [-0.05, 0) is 24.3 Å². The third kappa shape index (κ3) is 3.96. The van der Waals surface area contributed by atoms with E-state index in [1.165, 1.54) is 5.39 Å². The number of nitrogens with zero attached hydrogens (tertiary/aromatic N) is 2. The number of benzene rings is 2. The number of pyridine rings is 2. The fourth-order valence-electron chi connectivity index (χ4n) is 2.29. The summed E-state index contributed by atoms with van der Waals surface area (Å²) in [7, 11) is 0. The molecule has 0 aliphatic rings. The van der Waals surface area contributed by atoms with Crippen molar-refractivity contribution in [2.75, 3.05) is 6.61 Å². The summed E-state index contributed by atoms with van der Waals surface area (Å²) in [5.41, 5.74) is 2.01. The first-order chi connectivity index (χ1) is 11.9. The Kier molecular flexibility index (Phi) is 5.15. The highest BCUT2D eigenvalue weighted by atomic mass is 16.5. The van der Waals surface area contributed by atoms with E-state index in [-0.39, 0.29) is 0 Å². The average Bonchev–Trinajstić information content (AvgIpc) is 2.67. The Bertz CT molecular complexity index is 885. The van der Waals surface area contributed by atoms with Gasteiger partial charge >= 0.3 is 0 Å². The average molecular weight is 314 g/mol. The first-order valence-corrected chi connectivity index (χ1v) is 7.76. The molecule has 0 bridgehead atoms. The van der Waals surface area contributed by atoms with Crippen LogP contribution in [0.15, 0.2) is 91.6 Å². The van der Waals surface area contributed by atoms with E-state index in [1.807, 2.05) is 66.9 Å². The van der Waals surface area contributed by atoms with Crippen molar-refractivity contribution < 1.29 is 4.74 Å². The highest BCUT2D eigenvalue weighted by Crippen LogP contribution is 2.15. The lowest BCUT2D eigenvalue weighted by molar-refractivity contribution is 0.350. The lowest BCUT2D eigenvalue weighted by atomic mass is 10.2. The normalized spacial score (nSPS) is 10.0. The Morgan fingerprint density at radius 2 is 1.46 bits per heavy atom. The molecule has 2 heterocycles. The van der Waals surface area contributed by atoms with E-state index >= 15 is 0 Å². The first kappa shape index (κ1) is 15.7. The van der Waals surface area contributed by atoms with Gasteiger partial charge in [-0.15, -0.1) is 0 Å². The topological polar surface area (TPSA) is 35.0 Å². The van der Waals surface area contributed by atoms with Crippen LogP contribution in [0.2, 0.25) is 0 Å². The number of ether oxygens (including phenoxy) is 1. The highest BCUT2D eigenvalue weighted by Gasteiger charge is 1.96. The van der Waals surface area contributed by atoms with Gasteiger partial charge in [0.15, 0.2) is 0 Å². The summed E-state index contributed by atoms with van der Waals surface area (Å²) >= 11 is 0. The van der Waals surface area contributed by atoms with Crippen molar-refractivity contribution >= 4 is 21.8 Å². The lowest BCUT2D eigenvalue weighted by Gasteiger charge is -2.02. The summed E-state index contributed by atoms with van der Waals surface area (Å²) in [4.78, 5) is 8.52. The van der Waals surface area contributed by atoms with E-state index in [9.17, 15) is 0 Å². The van der Waals surface area contributed by atoms with Crippen LogP contribution in [0.1, 0.15) is 0 Å². The third-order valence-corrected chi connectivity index (χ3v) is 3.43. The van der Waals surface area contributed by atoms with Gasteiger partial charge in [-0.2, -0.15) is 0 Å². The van der Waals surface area contributed by atoms with E-state index in [0.717, 1.165) is 16.4 Å². The van der Waals surface area contributed by atoms with Gasteiger partial charge < -0.3 is 4.74 Å². The molecule has 4 aromatic rings. The largest absolute Gasteiger partial charge is 0.473 e. The smallest absolute Gasteiger partial charge is 0.214 e. The van der Waals surface area contributed by atoms with Gasteiger partial charge in [0.1, 0.15) is 6.61 Å². The molecule has 0 saturated carbocycles. The van der Waals surface area contributed by atoms with Crippen molar-refractivity contribution in [2.45, 2.75) is 0 Å². The number of hydrogen-bond donors (Lipinski definition) is 0. The zero-order valence-corrected chi connectivity index (χ0v) is 13.3. The molecule has 0 aliphatic heterocycles. The maximum absolute atomic E-state index is 5.33. The summed E-state index contributed by atoms with van der Waals surface area (Å²) in [6, 6.07) is 23.9. The molecule has 2 aromatic heterocycles. The summed E-state index contributed by atoms with van der Waals surface area (Å²) in [6.45, 7) is 4.08. The van der Waals surface area contributed by atoms with Crippen molar-refractivity contribution in [3.63, 3.8) is 0 Å². The SMILES string of the molecule is C=CCOc1ccc2ccccc2n1.c1ccc2ncccc2c1. The van der Waals surface area contributed by atoms with Crippen molar-refractivity contribution in [3.8, 4) is 5.88 Å². The standard InChI is InChI=1S/C12H11NO.C9H7N/c1-2-9-14-12-8-7-10-5-3-4-6-11(10)13-12;1-2-6-9-8(4-1)5-3-7-10-9/h2-8H,1,9H2;1-7H. The van der Waals surface area contributed by atoms with E-state index in [4.69, 9.17) is 4.74 Å². The fourth-order valence-corrected chi connectivity index (χ4v) is 2.29. The number of fused-ring (bicyclic) bond motifs is 2. The molecule has 0 unspecified atom stereocenters. The molecule has 0 N–H and O–H groups in total.